The Bertz CT molecular complexity index is 6.00. The van der Waals surface area contributed by atoms with Crippen molar-refractivity contribution in [1.29, 1.82) is 0 Å². The Morgan fingerprint density at radius 3 is 1.25 bits per heavy atom. The van der Waals surface area contributed by atoms with Crippen LogP contribution in [0.25, 0.3) is 0 Å². The van der Waals surface area contributed by atoms with Crippen LogP contribution in [0.5, 0.6) is 0 Å². The first-order valence-electron chi connectivity index (χ1n) is 0.816. The molecule has 0 spiro atoms. The summed E-state index contributed by atoms with van der Waals surface area (Å²) in [6, 6.07) is 0. The first-order valence-corrected chi connectivity index (χ1v) is 16.4. The molecule has 0 saturated heterocycles. The Morgan fingerprint density at radius 1 is 1.25 bits per heavy atom. The minimum absolute atomic E-state index is 0. The van der Waals surface area contributed by atoms with Gasteiger partial charge >= 0.3 is 54.7 Å². The summed E-state index contributed by atoms with van der Waals surface area (Å²) in [5.41, 5.74) is 0. The van der Waals surface area contributed by atoms with Crippen molar-refractivity contribution in [3.05, 3.63) is 0 Å². The van der Waals surface area contributed by atoms with E-state index in [1.54, 1.807) is 0 Å². The second kappa shape index (κ2) is 9.03. The van der Waals surface area contributed by atoms with E-state index >= 15 is 0 Å². The second-order valence-corrected chi connectivity index (χ2v) is 14.2. The molecule has 24 valence electrons. The van der Waals surface area contributed by atoms with Crippen LogP contribution in [-0.4, -0.2) is 41.5 Å². The van der Waals surface area contributed by atoms with Gasteiger partial charge in [0.25, 0.3) is 0 Å². The number of rotatable bonds is 0. The fraction of sp³-hybridized carbons (Fsp3) is 0. The number of hydrogen-bond donors (Lipinski definition) is 0. The second-order valence-electron chi connectivity index (χ2n) is 0.236. The summed E-state index contributed by atoms with van der Waals surface area (Å²) in [6.07, 6.45) is 0. The van der Waals surface area contributed by atoms with Crippen LogP contribution >= 0.6 is 13.2 Å². The molecular weight excluding hydrogens is 246 g/mol. The van der Waals surface area contributed by atoms with E-state index in [1.165, 1.54) is 0 Å². The van der Waals surface area contributed by atoms with Crippen LogP contribution in [0.15, 0.2) is 0 Å². The molecule has 0 aromatic carbocycles. The Labute approximate surface area is 54.2 Å². The normalized spacial score (nSPS) is 3.50. The molecular formula is H8GaInP2. The van der Waals surface area contributed by atoms with Gasteiger partial charge in [-0.3, -0.25) is 0 Å². The van der Waals surface area contributed by atoms with Gasteiger partial charge in [0.2, 0.25) is 0 Å². The maximum absolute atomic E-state index is 2.75. The molecule has 4 heteroatoms. The van der Waals surface area contributed by atoms with Crippen molar-refractivity contribution >= 4 is 54.7 Å². The molecule has 0 fully saturated rings. The molecule has 0 nitrogen and oxygen atoms in total. The Hall–Kier alpha value is 2.37. The fourth-order valence-corrected chi connectivity index (χ4v) is 0. The topological polar surface area (TPSA) is 0 Å². The van der Waals surface area contributed by atoms with E-state index in [2.05, 4.69) is 13.2 Å². The molecule has 0 rings (SSSR count). The summed E-state index contributed by atoms with van der Waals surface area (Å²) in [6.45, 7) is 5.50. The fourth-order valence-electron chi connectivity index (χ4n) is 0. The standard InChI is InChI=1S/Ga.In.2H2P.4H/h;;2*1H2;;;;/q;+2;2*-1;;;;. The summed E-state index contributed by atoms with van der Waals surface area (Å²) >= 11 is -0.177. The van der Waals surface area contributed by atoms with Gasteiger partial charge in [-0.1, -0.05) is 0 Å². The molecule has 0 aliphatic heterocycles. The predicted molar refractivity (Wildman–Crippen MR) is 36.5 cm³/mol. The zero-order chi connectivity index (χ0) is 2.71. The molecule has 0 aliphatic carbocycles. The van der Waals surface area contributed by atoms with Gasteiger partial charge in [-0.15, -0.1) is 0 Å². The van der Waals surface area contributed by atoms with Crippen molar-refractivity contribution < 1.29 is 0 Å². The molecule has 0 saturated carbocycles. The van der Waals surface area contributed by atoms with Crippen molar-refractivity contribution in [3.63, 3.8) is 0 Å². The maximum atomic E-state index is 2.75. The molecule has 0 radical (unpaired) electrons. The summed E-state index contributed by atoms with van der Waals surface area (Å²) in [7, 11) is 0. The first-order chi connectivity index (χ1) is 1.41. The molecule has 4 heavy (non-hydrogen) atoms. The van der Waals surface area contributed by atoms with Crippen LogP contribution in [0.1, 0.15) is 0 Å². The van der Waals surface area contributed by atoms with Gasteiger partial charge < -0.3 is 0 Å². The zero-order valence-corrected chi connectivity index (χ0v) is 8.21. The predicted octanol–water partition coefficient (Wildman–Crippen LogP) is -1.18. The van der Waals surface area contributed by atoms with E-state index in [9.17, 15) is 0 Å². The van der Waals surface area contributed by atoms with E-state index in [0.717, 1.165) is 0 Å². The van der Waals surface area contributed by atoms with E-state index < -0.39 is 0 Å². The Morgan fingerprint density at radius 2 is 1.25 bits per heavy atom. The van der Waals surface area contributed by atoms with Gasteiger partial charge in [0.1, 0.15) is 0 Å². The number of hydrogen-bond acceptors (Lipinski definition) is 0. The average molecular weight is 255 g/mol. The average Bonchev–Trinajstić information content (AvgIpc) is 0.918. The summed E-state index contributed by atoms with van der Waals surface area (Å²) in [5, 5.41) is 0. The van der Waals surface area contributed by atoms with Gasteiger partial charge in [-0.05, 0) is 0 Å². The van der Waals surface area contributed by atoms with Gasteiger partial charge in [-0.2, -0.15) is 0 Å². The van der Waals surface area contributed by atoms with E-state index in [0.29, 0.717) is 0 Å². The summed E-state index contributed by atoms with van der Waals surface area (Å²) in [5.74, 6) is 0. The molecule has 0 aromatic rings. The minimum atomic E-state index is -0.177. The van der Waals surface area contributed by atoms with Crippen LogP contribution in [0.3, 0.4) is 0 Å². The molecule has 0 aliphatic rings. The van der Waals surface area contributed by atoms with Crippen LogP contribution in [0.4, 0.5) is 0 Å². The molecule has 0 aromatic heterocycles. The Kier molecular flexibility index (Phi) is 21.7. The summed E-state index contributed by atoms with van der Waals surface area (Å²) < 4.78 is 0. The monoisotopic (exact) mass is 254 g/mol. The third kappa shape index (κ3) is 8.84. The first kappa shape index (κ1) is 9.62. The molecule has 0 bridgehead atoms. The van der Waals surface area contributed by atoms with Crippen molar-refractivity contribution in [2.24, 2.45) is 0 Å². The van der Waals surface area contributed by atoms with Crippen molar-refractivity contribution in [1.82, 2.24) is 0 Å². The quantitative estimate of drug-likeness (QED) is 0.377. The van der Waals surface area contributed by atoms with Gasteiger partial charge in [0.05, 0.1) is 0 Å². The third-order valence-electron chi connectivity index (χ3n) is 0. The van der Waals surface area contributed by atoms with Crippen LogP contribution in [0.2, 0.25) is 0 Å². The van der Waals surface area contributed by atoms with Crippen LogP contribution in [0, 0.1) is 0 Å². The Balaban J connectivity index is 0. The van der Waals surface area contributed by atoms with E-state index in [4.69, 9.17) is 0 Å². The van der Waals surface area contributed by atoms with E-state index in [-0.39, 0.29) is 41.5 Å². The SMILES string of the molecule is [GaH3].[PH2][InH][PH2]. The summed E-state index contributed by atoms with van der Waals surface area (Å²) in [4.78, 5) is 0. The van der Waals surface area contributed by atoms with Gasteiger partial charge in [-0.25, -0.2) is 0 Å². The third-order valence-corrected chi connectivity index (χ3v) is 0. The van der Waals surface area contributed by atoms with Gasteiger partial charge in [0, 0.05) is 0 Å². The molecule has 2 atom stereocenters. The molecule has 0 amide bonds. The van der Waals surface area contributed by atoms with Crippen LogP contribution < -0.4 is 0 Å². The molecule has 0 heterocycles. The van der Waals surface area contributed by atoms with Crippen molar-refractivity contribution in [2.75, 3.05) is 0 Å². The van der Waals surface area contributed by atoms with Crippen LogP contribution in [-0.2, 0) is 0 Å². The van der Waals surface area contributed by atoms with Crippen molar-refractivity contribution in [3.8, 4) is 0 Å². The molecule has 0 N–H and O–H groups in total. The molecule has 2 unspecified atom stereocenters. The zero-order valence-electron chi connectivity index (χ0n) is 1.86. The van der Waals surface area contributed by atoms with E-state index in [1.807, 2.05) is 0 Å². The van der Waals surface area contributed by atoms with Gasteiger partial charge in [0.15, 0.2) is 0 Å². The van der Waals surface area contributed by atoms with Crippen molar-refractivity contribution in [2.45, 2.75) is 0 Å².